The monoisotopic (exact) mass is 313 g/mol. The molecule has 1 fully saturated rings. The highest BCUT2D eigenvalue weighted by molar-refractivity contribution is 5.31. The molecule has 0 radical (unpaired) electrons. The van der Waals surface area contributed by atoms with E-state index >= 15 is 0 Å². The van der Waals surface area contributed by atoms with Crippen LogP contribution in [-0.4, -0.2) is 42.7 Å². The summed E-state index contributed by atoms with van der Waals surface area (Å²) in [4.78, 5) is 2.04. The standard InChI is InChI=1S/C17H25F2NO2/c1-17(2,3)22-14-6-4-13(5-7-14)21-15-8-10-20(12-15)11-9-16(18)19/h4-7,15-16H,8-12H2,1-3H3. The van der Waals surface area contributed by atoms with Gasteiger partial charge in [0.1, 0.15) is 23.2 Å². The smallest absolute Gasteiger partial charge is 0.239 e. The Labute approximate surface area is 131 Å². The lowest BCUT2D eigenvalue weighted by atomic mass is 10.2. The third-order valence-corrected chi connectivity index (χ3v) is 3.44. The van der Waals surface area contributed by atoms with Crippen LogP contribution in [0.25, 0.3) is 0 Å². The van der Waals surface area contributed by atoms with E-state index in [0.29, 0.717) is 13.1 Å². The van der Waals surface area contributed by atoms with Crippen LogP contribution in [0.1, 0.15) is 33.6 Å². The van der Waals surface area contributed by atoms with E-state index in [1.165, 1.54) is 0 Å². The molecular formula is C17H25F2NO2. The van der Waals surface area contributed by atoms with E-state index in [2.05, 4.69) is 0 Å². The molecule has 0 amide bonds. The Bertz CT molecular complexity index is 457. The minimum Gasteiger partial charge on any atom is -0.489 e. The summed E-state index contributed by atoms with van der Waals surface area (Å²) in [6.45, 7) is 7.99. The van der Waals surface area contributed by atoms with Crippen molar-refractivity contribution in [2.45, 2.75) is 51.7 Å². The van der Waals surface area contributed by atoms with E-state index in [-0.39, 0.29) is 18.1 Å². The first-order chi connectivity index (χ1) is 10.3. The highest BCUT2D eigenvalue weighted by Gasteiger charge is 2.24. The average Bonchev–Trinajstić information content (AvgIpc) is 2.85. The SMILES string of the molecule is CC(C)(C)Oc1ccc(OC2CCN(CCC(F)F)C2)cc1. The molecule has 0 aliphatic carbocycles. The Kier molecular flexibility index (Phi) is 5.62. The van der Waals surface area contributed by atoms with Crippen molar-refractivity contribution < 1.29 is 18.3 Å². The molecule has 0 N–H and O–H groups in total. The zero-order valence-corrected chi connectivity index (χ0v) is 13.5. The second-order valence-electron chi connectivity index (χ2n) is 6.69. The molecule has 1 heterocycles. The van der Waals surface area contributed by atoms with Gasteiger partial charge in [0.2, 0.25) is 6.43 Å². The van der Waals surface area contributed by atoms with Gasteiger partial charge in [-0.1, -0.05) is 0 Å². The van der Waals surface area contributed by atoms with Crippen LogP contribution in [0.5, 0.6) is 11.5 Å². The molecule has 22 heavy (non-hydrogen) atoms. The van der Waals surface area contributed by atoms with E-state index in [4.69, 9.17) is 9.47 Å². The van der Waals surface area contributed by atoms with Crippen LogP contribution in [0.2, 0.25) is 0 Å². The second kappa shape index (κ2) is 7.27. The maximum Gasteiger partial charge on any atom is 0.239 e. The minimum atomic E-state index is -2.23. The van der Waals surface area contributed by atoms with E-state index in [1.54, 1.807) is 0 Å². The second-order valence-corrected chi connectivity index (χ2v) is 6.69. The van der Waals surface area contributed by atoms with Gasteiger partial charge in [0.25, 0.3) is 0 Å². The number of halogens is 2. The van der Waals surface area contributed by atoms with Gasteiger partial charge in [-0.2, -0.15) is 0 Å². The highest BCUT2D eigenvalue weighted by Crippen LogP contribution is 2.24. The lowest BCUT2D eigenvalue weighted by Gasteiger charge is -2.21. The average molecular weight is 313 g/mol. The predicted octanol–water partition coefficient (Wildman–Crippen LogP) is 3.97. The first kappa shape index (κ1) is 17.0. The van der Waals surface area contributed by atoms with Crippen molar-refractivity contribution in [3.8, 4) is 11.5 Å². The highest BCUT2D eigenvalue weighted by atomic mass is 19.3. The van der Waals surface area contributed by atoms with E-state index in [1.807, 2.05) is 49.9 Å². The number of alkyl halides is 2. The van der Waals surface area contributed by atoms with Gasteiger partial charge in [-0.15, -0.1) is 0 Å². The molecule has 1 aliphatic rings. The molecule has 0 bridgehead atoms. The van der Waals surface area contributed by atoms with Gasteiger partial charge in [-0.3, -0.25) is 4.90 Å². The fourth-order valence-corrected chi connectivity index (χ4v) is 2.51. The minimum absolute atomic E-state index is 0.0639. The van der Waals surface area contributed by atoms with Crippen molar-refractivity contribution in [1.82, 2.24) is 4.90 Å². The van der Waals surface area contributed by atoms with Crippen LogP contribution in [0, 0.1) is 0 Å². The number of benzene rings is 1. The Balaban J connectivity index is 1.79. The zero-order chi connectivity index (χ0) is 16.2. The summed E-state index contributed by atoms with van der Waals surface area (Å²) in [5.41, 5.74) is -0.223. The Morgan fingerprint density at radius 1 is 1.18 bits per heavy atom. The Morgan fingerprint density at radius 3 is 2.41 bits per heavy atom. The van der Waals surface area contributed by atoms with Crippen LogP contribution >= 0.6 is 0 Å². The van der Waals surface area contributed by atoms with E-state index in [9.17, 15) is 8.78 Å². The normalized spacial score (nSPS) is 19.6. The summed E-state index contributed by atoms with van der Waals surface area (Å²) in [6, 6.07) is 7.57. The summed E-state index contributed by atoms with van der Waals surface area (Å²) in [6.07, 6.45) is -1.34. The van der Waals surface area contributed by atoms with Crippen molar-refractivity contribution in [2.75, 3.05) is 19.6 Å². The fourth-order valence-electron chi connectivity index (χ4n) is 2.51. The molecule has 0 spiro atoms. The van der Waals surface area contributed by atoms with Gasteiger partial charge in [-0.05, 0) is 51.5 Å². The summed E-state index contributed by atoms with van der Waals surface area (Å²) in [5, 5.41) is 0. The van der Waals surface area contributed by atoms with Gasteiger partial charge in [0.05, 0.1) is 0 Å². The van der Waals surface area contributed by atoms with E-state index < -0.39 is 6.43 Å². The number of hydrogen-bond donors (Lipinski definition) is 0. The quantitative estimate of drug-likeness (QED) is 0.793. The summed E-state index contributed by atoms with van der Waals surface area (Å²) in [5.74, 6) is 1.60. The topological polar surface area (TPSA) is 21.7 Å². The molecule has 0 aromatic heterocycles. The van der Waals surface area contributed by atoms with Gasteiger partial charge >= 0.3 is 0 Å². The third kappa shape index (κ3) is 5.79. The molecule has 1 aliphatic heterocycles. The molecule has 1 atom stereocenters. The maximum absolute atomic E-state index is 12.2. The Hall–Kier alpha value is -1.36. The zero-order valence-electron chi connectivity index (χ0n) is 13.5. The van der Waals surface area contributed by atoms with Crippen LogP contribution in [0.3, 0.4) is 0 Å². The summed E-state index contributed by atoms with van der Waals surface area (Å²) in [7, 11) is 0. The number of likely N-dealkylation sites (tertiary alicyclic amines) is 1. The van der Waals surface area contributed by atoms with E-state index in [0.717, 1.165) is 24.5 Å². The van der Waals surface area contributed by atoms with Gasteiger partial charge in [0.15, 0.2) is 0 Å². The van der Waals surface area contributed by atoms with Crippen molar-refractivity contribution >= 4 is 0 Å². The van der Waals surface area contributed by atoms with Gasteiger partial charge in [-0.25, -0.2) is 8.78 Å². The molecule has 124 valence electrons. The fraction of sp³-hybridized carbons (Fsp3) is 0.647. The van der Waals surface area contributed by atoms with Crippen molar-refractivity contribution in [3.63, 3.8) is 0 Å². The number of nitrogens with zero attached hydrogens (tertiary/aromatic N) is 1. The number of ether oxygens (including phenoxy) is 2. The van der Waals surface area contributed by atoms with Crippen molar-refractivity contribution in [2.24, 2.45) is 0 Å². The molecule has 0 saturated carbocycles. The Morgan fingerprint density at radius 2 is 1.82 bits per heavy atom. The van der Waals surface area contributed by atoms with Crippen LogP contribution in [-0.2, 0) is 0 Å². The molecule has 3 nitrogen and oxygen atoms in total. The van der Waals surface area contributed by atoms with Crippen LogP contribution < -0.4 is 9.47 Å². The molecule has 2 rings (SSSR count). The van der Waals surface area contributed by atoms with Crippen molar-refractivity contribution in [3.05, 3.63) is 24.3 Å². The lowest BCUT2D eigenvalue weighted by Crippen LogP contribution is -2.26. The van der Waals surface area contributed by atoms with Gasteiger partial charge in [0, 0.05) is 26.1 Å². The molecule has 1 unspecified atom stereocenters. The lowest BCUT2D eigenvalue weighted by molar-refractivity contribution is 0.117. The largest absolute Gasteiger partial charge is 0.489 e. The van der Waals surface area contributed by atoms with Gasteiger partial charge < -0.3 is 9.47 Å². The molecule has 1 aromatic carbocycles. The third-order valence-electron chi connectivity index (χ3n) is 3.44. The molecule has 5 heteroatoms. The predicted molar refractivity (Wildman–Crippen MR) is 82.9 cm³/mol. The molecule has 1 aromatic rings. The summed E-state index contributed by atoms with van der Waals surface area (Å²) >= 11 is 0. The van der Waals surface area contributed by atoms with Crippen LogP contribution in [0.15, 0.2) is 24.3 Å². The molecule has 1 saturated heterocycles. The molecular weight excluding hydrogens is 288 g/mol. The number of rotatable bonds is 6. The maximum atomic E-state index is 12.2. The first-order valence-electron chi connectivity index (χ1n) is 7.78. The number of hydrogen-bond acceptors (Lipinski definition) is 3. The summed E-state index contributed by atoms with van der Waals surface area (Å²) < 4.78 is 36.1. The van der Waals surface area contributed by atoms with Crippen molar-refractivity contribution in [1.29, 1.82) is 0 Å². The first-order valence-corrected chi connectivity index (χ1v) is 7.78. The van der Waals surface area contributed by atoms with Crippen LogP contribution in [0.4, 0.5) is 8.78 Å².